The Kier molecular flexibility index (Phi) is 10.2. The van der Waals surface area contributed by atoms with Crippen LogP contribution in [0.1, 0.15) is 46.5 Å². The first kappa shape index (κ1) is 16.4. The highest BCUT2D eigenvalue weighted by molar-refractivity contribution is 5.75. The van der Waals surface area contributed by atoms with Gasteiger partial charge in [-0.05, 0) is 19.3 Å². The molecule has 0 rings (SSSR count). The third-order valence-corrected chi connectivity index (χ3v) is 3.00. The topological polar surface area (TPSA) is 58.6 Å². The molecule has 0 aromatic heterocycles. The van der Waals surface area contributed by atoms with E-state index >= 15 is 0 Å². The number of rotatable bonds is 10. The van der Waals surface area contributed by atoms with Crippen molar-refractivity contribution in [1.29, 1.82) is 0 Å². The zero-order valence-corrected chi connectivity index (χ0v) is 11.4. The fourth-order valence-electron chi connectivity index (χ4n) is 1.79. The highest BCUT2D eigenvalue weighted by Crippen LogP contribution is 2.12. The van der Waals surface area contributed by atoms with Crippen molar-refractivity contribution < 1.29 is 14.6 Å². The minimum absolute atomic E-state index is 0.00490. The number of carbonyl (C=O) groups is 1. The summed E-state index contributed by atoms with van der Waals surface area (Å²) < 4.78 is 5.15. The van der Waals surface area contributed by atoms with Gasteiger partial charge in [-0.15, -0.1) is 0 Å². The Morgan fingerprint density at radius 2 is 1.94 bits per heavy atom. The molecule has 0 aromatic rings. The molecule has 0 saturated heterocycles. The van der Waals surface area contributed by atoms with Crippen LogP contribution in [-0.4, -0.2) is 36.9 Å². The molecule has 0 bridgehead atoms. The fourth-order valence-corrected chi connectivity index (χ4v) is 1.79. The summed E-state index contributed by atoms with van der Waals surface area (Å²) in [6.45, 7) is 7.72. The van der Waals surface area contributed by atoms with Crippen molar-refractivity contribution in [3.8, 4) is 0 Å². The van der Waals surface area contributed by atoms with Gasteiger partial charge in [0, 0.05) is 26.2 Å². The quantitative estimate of drug-likeness (QED) is 0.576. The van der Waals surface area contributed by atoms with Gasteiger partial charge in [0.15, 0.2) is 0 Å². The average molecular weight is 245 g/mol. The van der Waals surface area contributed by atoms with Crippen molar-refractivity contribution in [3.63, 3.8) is 0 Å². The summed E-state index contributed by atoms with van der Waals surface area (Å²) in [5, 5.41) is 12.6. The van der Waals surface area contributed by atoms with E-state index in [0.29, 0.717) is 26.2 Å². The minimum atomic E-state index is -0.430. The maximum atomic E-state index is 11.4. The van der Waals surface area contributed by atoms with Crippen LogP contribution >= 0.6 is 0 Å². The van der Waals surface area contributed by atoms with Gasteiger partial charge >= 0.3 is 0 Å². The molecule has 4 heteroatoms. The third kappa shape index (κ3) is 8.16. The van der Waals surface area contributed by atoms with Gasteiger partial charge in [-0.3, -0.25) is 4.79 Å². The second-order valence-electron chi connectivity index (χ2n) is 4.25. The summed E-state index contributed by atoms with van der Waals surface area (Å²) >= 11 is 0. The van der Waals surface area contributed by atoms with E-state index in [1.165, 1.54) is 0 Å². The van der Waals surface area contributed by atoms with E-state index in [4.69, 9.17) is 4.74 Å². The zero-order chi connectivity index (χ0) is 13.1. The molecule has 0 aliphatic heterocycles. The van der Waals surface area contributed by atoms with Crippen LogP contribution in [0.3, 0.4) is 0 Å². The molecule has 1 amide bonds. The lowest BCUT2D eigenvalue weighted by molar-refractivity contribution is -0.122. The van der Waals surface area contributed by atoms with Crippen LogP contribution in [0.15, 0.2) is 0 Å². The Morgan fingerprint density at radius 1 is 1.29 bits per heavy atom. The van der Waals surface area contributed by atoms with Gasteiger partial charge in [0.2, 0.25) is 5.91 Å². The molecular weight excluding hydrogens is 218 g/mol. The van der Waals surface area contributed by atoms with E-state index in [-0.39, 0.29) is 11.8 Å². The van der Waals surface area contributed by atoms with Crippen molar-refractivity contribution in [3.05, 3.63) is 0 Å². The molecule has 17 heavy (non-hydrogen) atoms. The number of carbonyl (C=O) groups excluding carboxylic acids is 1. The van der Waals surface area contributed by atoms with E-state index in [1.54, 1.807) is 0 Å². The summed E-state index contributed by atoms with van der Waals surface area (Å²) in [6, 6.07) is 0. The van der Waals surface area contributed by atoms with Crippen molar-refractivity contribution in [2.45, 2.75) is 52.6 Å². The lowest BCUT2D eigenvalue weighted by atomic mass is 9.96. The highest BCUT2D eigenvalue weighted by Gasteiger charge is 2.15. The Morgan fingerprint density at radius 3 is 2.47 bits per heavy atom. The van der Waals surface area contributed by atoms with Crippen LogP contribution < -0.4 is 5.32 Å². The van der Waals surface area contributed by atoms with Crippen LogP contribution in [0.5, 0.6) is 0 Å². The maximum Gasteiger partial charge on any atom is 0.220 e. The number of hydrogen-bond acceptors (Lipinski definition) is 3. The minimum Gasteiger partial charge on any atom is -0.391 e. The third-order valence-electron chi connectivity index (χ3n) is 3.00. The number of aliphatic hydroxyl groups excluding tert-OH is 1. The number of nitrogens with one attached hydrogen (secondary N) is 1. The van der Waals surface area contributed by atoms with Gasteiger partial charge < -0.3 is 15.2 Å². The number of aliphatic hydroxyl groups is 1. The molecule has 0 saturated carbocycles. The molecule has 0 fully saturated rings. The number of hydrogen-bond donors (Lipinski definition) is 2. The van der Waals surface area contributed by atoms with E-state index in [1.807, 2.05) is 6.92 Å². The molecule has 0 aliphatic rings. The van der Waals surface area contributed by atoms with Crippen LogP contribution in [-0.2, 0) is 9.53 Å². The van der Waals surface area contributed by atoms with E-state index in [0.717, 1.165) is 19.3 Å². The Balaban J connectivity index is 3.61. The van der Waals surface area contributed by atoms with E-state index in [9.17, 15) is 9.90 Å². The molecule has 0 aromatic carbocycles. The second kappa shape index (κ2) is 10.5. The van der Waals surface area contributed by atoms with E-state index < -0.39 is 6.10 Å². The Labute approximate surface area is 105 Å². The standard InChI is InChI=1S/C13H27NO3/c1-4-11(5-2)12(15)10-14-13(16)8-7-9-17-6-3/h11-12,15H,4-10H2,1-3H3,(H,14,16). The molecule has 1 unspecified atom stereocenters. The van der Waals surface area contributed by atoms with Crippen molar-refractivity contribution in [2.75, 3.05) is 19.8 Å². The molecule has 0 radical (unpaired) electrons. The SMILES string of the molecule is CCOCCCC(=O)NCC(O)C(CC)CC. The van der Waals surface area contributed by atoms with Gasteiger partial charge in [0.25, 0.3) is 0 Å². The lowest BCUT2D eigenvalue weighted by Crippen LogP contribution is -2.36. The van der Waals surface area contributed by atoms with Crippen LogP contribution in [0.25, 0.3) is 0 Å². The van der Waals surface area contributed by atoms with Crippen LogP contribution in [0, 0.1) is 5.92 Å². The molecule has 0 spiro atoms. The maximum absolute atomic E-state index is 11.4. The Hall–Kier alpha value is -0.610. The molecule has 4 nitrogen and oxygen atoms in total. The molecular formula is C13H27NO3. The molecule has 0 heterocycles. The predicted octanol–water partition coefficient (Wildman–Crippen LogP) is 1.72. The summed E-state index contributed by atoms with van der Waals surface area (Å²) in [4.78, 5) is 11.4. The summed E-state index contributed by atoms with van der Waals surface area (Å²) in [5.74, 6) is 0.272. The lowest BCUT2D eigenvalue weighted by Gasteiger charge is -2.20. The Bertz CT molecular complexity index is 193. The number of amides is 1. The van der Waals surface area contributed by atoms with E-state index in [2.05, 4.69) is 19.2 Å². The highest BCUT2D eigenvalue weighted by atomic mass is 16.5. The second-order valence-corrected chi connectivity index (χ2v) is 4.25. The first-order valence-electron chi connectivity index (χ1n) is 6.68. The van der Waals surface area contributed by atoms with Gasteiger partial charge in [-0.2, -0.15) is 0 Å². The van der Waals surface area contributed by atoms with Crippen LogP contribution in [0.2, 0.25) is 0 Å². The van der Waals surface area contributed by atoms with Crippen LogP contribution in [0.4, 0.5) is 0 Å². The van der Waals surface area contributed by atoms with Gasteiger partial charge in [-0.25, -0.2) is 0 Å². The predicted molar refractivity (Wildman–Crippen MR) is 68.8 cm³/mol. The first-order valence-corrected chi connectivity index (χ1v) is 6.68. The fraction of sp³-hybridized carbons (Fsp3) is 0.923. The van der Waals surface area contributed by atoms with Crippen molar-refractivity contribution >= 4 is 5.91 Å². The average Bonchev–Trinajstić information content (AvgIpc) is 2.33. The molecule has 0 aliphatic carbocycles. The summed E-state index contributed by atoms with van der Waals surface area (Å²) in [7, 11) is 0. The molecule has 1 atom stereocenters. The van der Waals surface area contributed by atoms with Crippen molar-refractivity contribution in [1.82, 2.24) is 5.32 Å². The first-order chi connectivity index (χ1) is 8.15. The van der Waals surface area contributed by atoms with Crippen molar-refractivity contribution in [2.24, 2.45) is 5.92 Å². The summed E-state index contributed by atoms with van der Waals surface area (Å²) in [6.07, 6.45) is 2.66. The smallest absolute Gasteiger partial charge is 0.220 e. The molecule has 2 N–H and O–H groups in total. The van der Waals surface area contributed by atoms with Gasteiger partial charge in [0.1, 0.15) is 0 Å². The monoisotopic (exact) mass is 245 g/mol. The largest absolute Gasteiger partial charge is 0.391 e. The zero-order valence-electron chi connectivity index (χ0n) is 11.4. The number of ether oxygens (including phenoxy) is 1. The van der Waals surface area contributed by atoms with Gasteiger partial charge in [-0.1, -0.05) is 26.7 Å². The summed E-state index contributed by atoms with van der Waals surface area (Å²) in [5.41, 5.74) is 0. The molecule has 102 valence electrons. The normalized spacial score (nSPS) is 12.8. The van der Waals surface area contributed by atoms with Gasteiger partial charge in [0.05, 0.1) is 6.10 Å².